The fourth-order valence-corrected chi connectivity index (χ4v) is 3.63. The molecule has 8 heteroatoms. The van der Waals surface area contributed by atoms with Gasteiger partial charge in [-0.25, -0.2) is 13.5 Å². The number of fused-ring (bicyclic) bond motifs is 1. The fraction of sp³-hybridized carbons (Fsp3) is 0.217. The molecule has 0 aliphatic rings. The van der Waals surface area contributed by atoms with Crippen LogP contribution in [0.2, 0.25) is 0 Å². The number of furan rings is 1. The minimum absolute atomic E-state index is 0.0680. The minimum atomic E-state index is -0.762. The van der Waals surface area contributed by atoms with Crippen LogP contribution in [-0.4, -0.2) is 22.8 Å². The van der Waals surface area contributed by atoms with Crippen LogP contribution >= 0.6 is 0 Å². The van der Waals surface area contributed by atoms with Crippen LogP contribution in [0, 0.1) is 25.5 Å². The topological polar surface area (TPSA) is 69.3 Å². The van der Waals surface area contributed by atoms with Crippen molar-refractivity contribution in [2.45, 2.75) is 26.8 Å². The highest BCUT2D eigenvalue weighted by Crippen LogP contribution is 2.31. The molecule has 0 saturated heterocycles. The number of hydrogen-bond donors (Lipinski definition) is 1. The highest BCUT2D eigenvalue weighted by molar-refractivity contribution is 5.96. The number of benzene rings is 2. The van der Waals surface area contributed by atoms with Crippen molar-refractivity contribution in [1.82, 2.24) is 15.1 Å². The van der Waals surface area contributed by atoms with Crippen molar-refractivity contribution in [3.05, 3.63) is 76.8 Å². The molecule has 0 fully saturated rings. The standard InChI is InChI=1S/C23H21F2N3O3/c1-12(20-10-15-6-5-7-19(30-4)22(15)31-20)26-23(29)21-13(2)27-28(14(21)3)18-9-8-16(24)11-17(18)25/h5-12H,1-4H3,(H,26,29). The Morgan fingerprint density at radius 3 is 2.68 bits per heavy atom. The van der Waals surface area contributed by atoms with E-state index >= 15 is 0 Å². The van der Waals surface area contributed by atoms with Gasteiger partial charge in [0.1, 0.15) is 17.3 Å². The zero-order valence-corrected chi connectivity index (χ0v) is 17.5. The molecule has 31 heavy (non-hydrogen) atoms. The zero-order chi connectivity index (χ0) is 22.3. The number of aromatic nitrogens is 2. The summed E-state index contributed by atoms with van der Waals surface area (Å²) in [4.78, 5) is 13.0. The van der Waals surface area contributed by atoms with Gasteiger partial charge < -0.3 is 14.5 Å². The second-order valence-corrected chi connectivity index (χ2v) is 7.28. The maximum Gasteiger partial charge on any atom is 0.255 e. The monoisotopic (exact) mass is 425 g/mol. The number of nitrogens with one attached hydrogen (secondary N) is 1. The Labute approximate surface area is 177 Å². The van der Waals surface area contributed by atoms with Crippen LogP contribution in [0.15, 0.2) is 46.9 Å². The number of ether oxygens (including phenoxy) is 1. The number of carbonyl (C=O) groups excluding carboxylic acids is 1. The average molecular weight is 425 g/mol. The van der Waals surface area contributed by atoms with Gasteiger partial charge in [0.05, 0.1) is 30.1 Å². The summed E-state index contributed by atoms with van der Waals surface area (Å²) in [5.74, 6) is -0.639. The van der Waals surface area contributed by atoms with Crippen molar-refractivity contribution in [3.8, 4) is 11.4 Å². The third-order valence-electron chi connectivity index (χ3n) is 5.18. The average Bonchev–Trinajstić information content (AvgIpc) is 3.28. The van der Waals surface area contributed by atoms with Crippen LogP contribution in [0.3, 0.4) is 0 Å². The highest BCUT2D eigenvalue weighted by atomic mass is 19.1. The lowest BCUT2D eigenvalue weighted by Crippen LogP contribution is -2.27. The summed E-state index contributed by atoms with van der Waals surface area (Å²) >= 11 is 0. The molecule has 0 saturated carbocycles. The number of carbonyl (C=O) groups is 1. The Morgan fingerprint density at radius 1 is 1.19 bits per heavy atom. The van der Waals surface area contributed by atoms with Gasteiger partial charge in [-0.15, -0.1) is 0 Å². The van der Waals surface area contributed by atoms with Gasteiger partial charge in [0.2, 0.25) is 0 Å². The summed E-state index contributed by atoms with van der Waals surface area (Å²) in [5, 5.41) is 8.05. The molecule has 0 aliphatic heterocycles. The lowest BCUT2D eigenvalue weighted by molar-refractivity contribution is 0.0934. The van der Waals surface area contributed by atoms with Crippen LogP contribution in [0.1, 0.15) is 40.5 Å². The predicted octanol–water partition coefficient (Wildman–Crippen LogP) is 5.01. The number of amides is 1. The van der Waals surface area contributed by atoms with Crippen LogP contribution in [0.5, 0.6) is 5.75 Å². The molecule has 1 N–H and O–H groups in total. The first kappa shape index (κ1) is 20.6. The van der Waals surface area contributed by atoms with E-state index in [0.29, 0.717) is 34.0 Å². The van der Waals surface area contributed by atoms with E-state index in [9.17, 15) is 13.6 Å². The summed E-state index contributed by atoms with van der Waals surface area (Å²) in [7, 11) is 1.56. The van der Waals surface area contributed by atoms with Crippen molar-refractivity contribution in [3.63, 3.8) is 0 Å². The number of hydrogen-bond acceptors (Lipinski definition) is 4. The van der Waals surface area contributed by atoms with Gasteiger partial charge in [-0.1, -0.05) is 12.1 Å². The van der Waals surface area contributed by atoms with Crippen molar-refractivity contribution in [1.29, 1.82) is 0 Å². The smallest absolute Gasteiger partial charge is 0.255 e. The Kier molecular flexibility index (Phi) is 5.22. The van der Waals surface area contributed by atoms with E-state index < -0.39 is 17.7 Å². The first-order chi connectivity index (χ1) is 14.8. The molecule has 0 spiro atoms. The number of aryl methyl sites for hydroxylation is 1. The normalized spacial score (nSPS) is 12.2. The van der Waals surface area contributed by atoms with E-state index in [1.807, 2.05) is 18.2 Å². The van der Waals surface area contributed by atoms with Gasteiger partial charge in [0.25, 0.3) is 5.91 Å². The van der Waals surface area contributed by atoms with E-state index in [-0.39, 0.29) is 11.6 Å². The summed E-state index contributed by atoms with van der Waals surface area (Å²) in [6.07, 6.45) is 0. The SMILES string of the molecule is COc1cccc2cc(C(C)NC(=O)c3c(C)nn(-c4ccc(F)cc4F)c3C)oc12. The molecule has 6 nitrogen and oxygen atoms in total. The molecule has 4 aromatic rings. The molecule has 4 rings (SSSR count). The molecule has 1 atom stereocenters. The number of halogens is 2. The van der Waals surface area contributed by atoms with Gasteiger partial charge in [-0.3, -0.25) is 4.79 Å². The third kappa shape index (κ3) is 3.65. The van der Waals surface area contributed by atoms with E-state index in [1.165, 1.54) is 10.7 Å². The Bertz CT molecular complexity index is 1290. The summed E-state index contributed by atoms with van der Waals surface area (Å²) in [6.45, 7) is 5.13. The molecule has 2 heterocycles. The Hall–Kier alpha value is -3.68. The maximum absolute atomic E-state index is 14.2. The number of rotatable bonds is 5. The predicted molar refractivity (Wildman–Crippen MR) is 112 cm³/mol. The van der Waals surface area contributed by atoms with Crippen LogP contribution in [0.25, 0.3) is 16.7 Å². The molecule has 160 valence electrons. The molecular formula is C23H21F2N3O3. The second kappa shape index (κ2) is 7.86. The quantitative estimate of drug-likeness (QED) is 0.488. The first-order valence-corrected chi connectivity index (χ1v) is 9.69. The fourth-order valence-electron chi connectivity index (χ4n) is 3.63. The minimum Gasteiger partial charge on any atom is -0.493 e. The zero-order valence-electron chi connectivity index (χ0n) is 17.5. The molecule has 0 aliphatic carbocycles. The van der Waals surface area contributed by atoms with E-state index in [0.717, 1.165) is 17.5 Å². The lowest BCUT2D eigenvalue weighted by Gasteiger charge is -2.12. The molecule has 1 amide bonds. The van der Waals surface area contributed by atoms with Gasteiger partial charge in [-0.2, -0.15) is 5.10 Å². The first-order valence-electron chi connectivity index (χ1n) is 9.69. The van der Waals surface area contributed by atoms with Crippen molar-refractivity contribution in [2.24, 2.45) is 0 Å². The van der Waals surface area contributed by atoms with Crippen LogP contribution in [-0.2, 0) is 0 Å². The van der Waals surface area contributed by atoms with Crippen LogP contribution < -0.4 is 10.1 Å². The van der Waals surface area contributed by atoms with E-state index in [1.54, 1.807) is 33.9 Å². The van der Waals surface area contributed by atoms with E-state index in [4.69, 9.17) is 9.15 Å². The third-order valence-corrected chi connectivity index (χ3v) is 5.18. The highest BCUT2D eigenvalue weighted by Gasteiger charge is 2.23. The summed E-state index contributed by atoms with van der Waals surface area (Å²) in [6, 6.07) is 10.2. The molecule has 0 radical (unpaired) electrons. The van der Waals surface area contributed by atoms with Crippen molar-refractivity contribution < 1.29 is 22.7 Å². The van der Waals surface area contributed by atoms with Gasteiger partial charge in [0.15, 0.2) is 17.1 Å². The molecule has 1 unspecified atom stereocenters. The lowest BCUT2D eigenvalue weighted by atomic mass is 10.1. The summed E-state index contributed by atoms with van der Waals surface area (Å²) in [5.41, 5.74) is 1.87. The molecular weight excluding hydrogens is 404 g/mol. The second-order valence-electron chi connectivity index (χ2n) is 7.28. The number of nitrogens with zero attached hydrogens (tertiary/aromatic N) is 2. The number of para-hydroxylation sites is 1. The maximum atomic E-state index is 14.2. The molecule has 2 aromatic heterocycles. The van der Waals surface area contributed by atoms with Crippen molar-refractivity contribution in [2.75, 3.05) is 7.11 Å². The van der Waals surface area contributed by atoms with Gasteiger partial charge in [-0.05, 0) is 45.0 Å². The molecule has 0 bridgehead atoms. The van der Waals surface area contributed by atoms with Crippen LogP contribution in [0.4, 0.5) is 8.78 Å². The Balaban J connectivity index is 1.62. The summed E-state index contributed by atoms with van der Waals surface area (Å²) < 4.78 is 40.0. The van der Waals surface area contributed by atoms with E-state index in [2.05, 4.69) is 10.4 Å². The van der Waals surface area contributed by atoms with Gasteiger partial charge in [0, 0.05) is 11.5 Å². The largest absolute Gasteiger partial charge is 0.493 e. The molecule has 2 aromatic carbocycles. The Morgan fingerprint density at radius 2 is 1.97 bits per heavy atom. The number of methoxy groups -OCH3 is 1. The van der Waals surface area contributed by atoms with Gasteiger partial charge >= 0.3 is 0 Å². The van der Waals surface area contributed by atoms with Crippen molar-refractivity contribution >= 4 is 16.9 Å².